The van der Waals surface area contributed by atoms with Crippen LogP contribution in [0.2, 0.25) is 19.6 Å². The Morgan fingerprint density at radius 2 is 2.00 bits per heavy atom. The van der Waals surface area contributed by atoms with Crippen molar-refractivity contribution in [3.05, 3.63) is 18.8 Å². The zero-order chi connectivity index (χ0) is 8.04. The molecule has 0 atom stereocenters. The van der Waals surface area contributed by atoms with Crippen molar-refractivity contribution < 1.29 is 9.53 Å². The van der Waals surface area contributed by atoms with Crippen LogP contribution >= 0.6 is 0 Å². The van der Waals surface area contributed by atoms with E-state index in [0.717, 1.165) is 0 Å². The van der Waals surface area contributed by atoms with E-state index in [2.05, 4.69) is 19.6 Å². The highest BCUT2D eigenvalue weighted by Crippen LogP contribution is 2.03. The maximum atomic E-state index is 8.34. The minimum absolute atomic E-state index is 0.0750. The molecule has 0 bridgehead atoms. The molecule has 1 N–H and O–H groups in total. The highest BCUT2D eigenvalue weighted by molar-refractivity contribution is 6.69. The molecule has 3 heteroatoms. The van der Waals surface area contributed by atoms with Crippen LogP contribution in [0.25, 0.3) is 0 Å². The van der Waals surface area contributed by atoms with Crippen molar-refractivity contribution in [2.24, 2.45) is 0 Å². The molecule has 0 aliphatic rings. The van der Waals surface area contributed by atoms with Gasteiger partial charge in [0.1, 0.15) is 0 Å². The normalized spacial score (nSPS) is 12.8. The van der Waals surface area contributed by atoms with Crippen molar-refractivity contribution in [2.75, 3.05) is 6.61 Å². The molecule has 0 aliphatic carbocycles. The van der Waals surface area contributed by atoms with Crippen molar-refractivity contribution in [3.8, 4) is 0 Å². The van der Waals surface area contributed by atoms with Gasteiger partial charge in [0.2, 0.25) is 0 Å². The fourth-order valence-corrected chi connectivity index (χ4v) is 0.847. The van der Waals surface area contributed by atoms with Gasteiger partial charge in [-0.15, -0.1) is 0 Å². The smallest absolute Gasteiger partial charge is 0.184 e. The van der Waals surface area contributed by atoms with E-state index < -0.39 is 8.32 Å². The molecule has 0 spiro atoms. The molecule has 0 saturated heterocycles. The van der Waals surface area contributed by atoms with E-state index in [-0.39, 0.29) is 6.61 Å². The van der Waals surface area contributed by atoms with Crippen molar-refractivity contribution in [1.29, 1.82) is 0 Å². The SMILES string of the molecule is C[Si](C)(C)O[CH]/C=C\CO. The monoisotopic (exact) mass is 159 g/mol. The van der Waals surface area contributed by atoms with E-state index in [0.29, 0.717) is 0 Å². The van der Waals surface area contributed by atoms with Crippen LogP contribution in [0.5, 0.6) is 0 Å². The molecule has 0 amide bonds. The molecule has 0 unspecified atom stereocenters. The van der Waals surface area contributed by atoms with Crippen LogP contribution in [0.3, 0.4) is 0 Å². The second kappa shape index (κ2) is 4.66. The third-order valence-corrected chi connectivity index (χ3v) is 1.58. The van der Waals surface area contributed by atoms with Crippen molar-refractivity contribution >= 4 is 8.32 Å². The van der Waals surface area contributed by atoms with Crippen LogP contribution in [-0.2, 0) is 4.43 Å². The van der Waals surface area contributed by atoms with Gasteiger partial charge in [-0.3, -0.25) is 0 Å². The zero-order valence-corrected chi connectivity index (χ0v) is 7.79. The highest BCUT2D eigenvalue weighted by atomic mass is 28.4. The van der Waals surface area contributed by atoms with Gasteiger partial charge >= 0.3 is 0 Å². The van der Waals surface area contributed by atoms with E-state index >= 15 is 0 Å². The van der Waals surface area contributed by atoms with Gasteiger partial charge in [0.05, 0.1) is 13.2 Å². The molecule has 10 heavy (non-hydrogen) atoms. The van der Waals surface area contributed by atoms with Crippen molar-refractivity contribution in [3.63, 3.8) is 0 Å². The molecule has 0 heterocycles. The van der Waals surface area contributed by atoms with Gasteiger partial charge in [0, 0.05) is 0 Å². The average molecular weight is 159 g/mol. The molecule has 0 aromatic heterocycles. The molecule has 0 saturated carbocycles. The first kappa shape index (κ1) is 9.88. The summed E-state index contributed by atoms with van der Waals surface area (Å²) < 4.78 is 5.35. The van der Waals surface area contributed by atoms with Crippen LogP contribution in [0, 0.1) is 6.61 Å². The van der Waals surface area contributed by atoms with Crippen LogP contribution in [0.15, 0.2) is 12.2 Å². The Bertz CT molecular complexity index is 105. The van der Waals surface area contributed by atoms with Crippen LogP contribution < -0.4 is 0 Å². The maximum absolute atomic E-state index is 8.34. The van der Waals surface area contributed by atoms with E-state index in [4.69, 9.17) is 9.53 Å². The van der Waals surface area contributed by atoms with Gasteiger partial charge in [-0.25, -0.2) is 0 Å². The summed E-state index contributed by atoms with van der Waals surface area (Å²) in [7, 11) is -1.40. The van der Waals surface area contributed by atoms with Crippen molar-refractivity contribution in [1.82, 2.24) is 0 Å². The minimum atomic E-state index is -1.40. The Kier molecular flexibility index (Phi) is 4.60. The van der Waals surface area contributed by atoms with E-state index in [1.807, 2.05) is 0 Å². The minimum Gasteiger partial charge on any atom is -0.408 e. The lowest BCUT2D eigenvalue weighted by molar-refractivity contribution is 0.341. The summed E-state index contributed by atoms with van der Waals surface area (Å²) in [5.74, 6) is 0. The molecular formula is C7H15O2Si. The largest absolute Gasteiger partial charge is 0.408 e. The summed E-state index contributed by atoms with van der Waals surface area (Å²) in [4.78, 5) is 0. The average Bonchev–Trinajstić information content (AvgIpc) is 1.78. The Morgan fingerprint density at radius 3 is 2.40 bits per heavy atom. The molecule has 2 nitrogen and oxygen atoms in total. The standard InChI is InChI=1S/C7H15O2Si/c1-10(2,3)9-7-5-4-6-8/h4-5,7-8H,6H2,1-3H3/b5-4-. The molecule has 0 aliphatic heterocycles. The number of aliphatic hydroxyl groups excluding tert-OH is 1. The Balaban J connectivity index is 3.28. The second-order valence-corrected chi connectivity index (χ2v) is 7.44. The topological polar surface area (TPSA) is 29.5 Å². The fraction of sp³-hybridized carbons (Fsp3) is 0.571. The molecule has 0 fully saturated rings. The van der Waals surface area contributed by atoms with Gasteiger partial charge in [-0.2, -0.15) is 0 Å². The lowest BCUT2D eigenvalue weighted by Gasteiger charge is -2.14. The van der Waals surface area contributed by atoms with E-state index in [1.54, 1.807) is 18.8 Å². The van der Waals surface area contributed by atoms with Gasteiger partial charge in [-0.1, -0.05) is 12.2 Å². The summed E-state index contributed by atoms with van der Waals surface area (Å²) in [5.41, 5.74) is 0. The van der Waals surface area contributed by atoms with Crippen molar-refractivity contribution in [2.45, 2.75) is 19.6 Å². The Morgan fingerprint density at radius 1 is 1.40 bits per heavy atom. The van der Waals surface area contributed by atoms with Gasteiger partial charge < -0.3 is 9.53 Å². The fourth-order valence-electron chi connectivity index (χ4n) is 0.360. The zero-order valence-electron chi connectivity index (χ0n) is 6.79. The summed E-state index contributed by atoms with van der Waals surface area (Å²) >= 11 is 0. The highest BCUT2D eigenvalue weighted by Gasteiger charge is 2.12. The Labute approximate surface area is 63.7 Å². The Hall–Kier alpha value is -0.123. The first-order chi connectivity index (χ1) is 4.56. The third kappa shape index (κ3) is 7.88. The van der Waals surface area contributed by atoms with Gasteiger partial charge in [0.25, 0.3) is 0 Å². The van der Waals surface area contributed by atoms with Crippen LogP contribution in [-0.4, -0.2) is 20.0 Å². The molecule has 0 aromatic rings. The molecule has 0 rings (SSSR count). The third-order valence-electron chi connectivity index (χ3n) is 0.742. The van der Waals surface area contributed by atoms with E-state index in [1.165, 1.54) is 0 Å². The summed E-state index contributed by atoms with van der Waals surface area (Å²) in [6.07, 6.45) is 3.36. The van der Waals surface area contributed by atoms with Crippen LogP contribution in [0.1, 0.15) is 0 Å². The van der Waals surface area contributed by atoms with Gasteiger partial charge in [-0.05, 0) is 19.6 Å². The van der Waals surface area contributed by atoms with Crippen LogP contribution in [0.4, 0.5) is 0 Å². The molecule has 59 valence electrons. The van der Waals surface area contributed by atoms with E-state index in [9.17, 15) is 0 Å². The summed E-state index contributed by atoms with van der Waals surface area (Å²) in [5, 5.41) is 8.34. The first-order valence-electron chi connectivity index (χ1n) is 3.33. The predicted octanol–water partition coefficient (Wildman–Crippen LogP) is 1.55. The number of rotatable bonds is 4. The predicted molar refractivity (Wildman–Crippen MR) is 45.0 cm³/mol. The maximum Gasteiger partial charge on any atom is 0.184 e. The lowest BCUT2D eigenvalue weighted by atomic mass is 10.5. The summed E-state index contributed by atoms with van der Waals surface area (Å²) in [6.45, 7) is 8.04. The second-order valence-electron chi connectivity index (χ2n) is 2.98. The lowest BCUT2D eigenvalue weighted by Crippen LogP contribution is -2.23. The quantitative estimate of drug-likeness (QED) is 0.631. The number of hydrogen-bond acceptors (Lipinski definition) is 2. The first-order valence-corrected chi connectivity index (χ1v) is 6.74. The number of aliphatic hydroxyl groups is 1. The van der Waals surface area contributed by atoms with Gasteiger partial charge in [0.15, 0.2) is 8.32 Å². The summed E-state index contributed by atoms with van der Waals surface area (Å²) in [6, 6.07) is 0. The number of hydrogen-bond donors (Lipinski definition) is 1. The molecule has 1 radical (unpaired) electrons. The molecular weight excluding hydrogens is 144 g/mol. The molecule has 0 aromatic carbocycles.